The molecule has 0 rings (SSSR count). The molecule has 0 aromatic heterocycles. The molecule has 0 radical (unpaired) electrons. The van der Waals surface area contributed by atoms with Crippen molar-refractivity contribution in [2.75, 3.05) is 40.3 Å². The number of quaternary nitrogens is 1. The van der Waals surface area contributed by atoms with Crippen LogP contribution >= 0.6 is 0 Å². The molecule has 0 fully saturated rings. The van der Waals surface area contributed by atoms with E-state index in [0.29, 0.717) is 25.8 Å². The van der Waals surface area contributed by atoms with E-state index in [0.717, 1.165) is 75.4 Å². The van der Waals surface area contributed by atoms with Crippen molar-refractivity contribution in [3.05, 3.63) is 0 Å². The Kier molecular flexibility index (Phi) is 29.7. The highest BCUT2D eigenvalue weighted by Gasteiger charge is 2.21. The summed E-state index contributed by atoms with van der Waals surface area (Å²) >= 11 is 0. The summed E-state index contributed by atoms with van der Waals surface area (Å²) in [5.41, 5.74) is 0. The molecule has 0 saturated carbocycles. The number of unbranched alkanes of at least 4 members (excludes halogenated alkanes) is 17. The minimum Gasteiger partial charge on any atom is -0.481 e. The summed E-state index contributed by atoms with van der Waals surface area (Å²) in [6.07, 6.45) is 25.1. The molecular formula is C38H74N3O6+. The van der Waals surface area contributed by atoms with E-state index >= 15 is 0 Å². The molecule has 3 N–H and O–H groups in total. The topological polar surface area (TPSA) is 122 Å². The summed E-state index contributed by atoms with van der Waals surface area (Å²) in [7, 11) is 4.46. The zero-order chi connectivity index (χ0) is 35.0. The van der Waals surface area contributed by atoms with Crippen LogP contribution in [0.2, 0.25) is 0 Å². The third-order valence-corrected chi connectivity index (χ3v) is 8.98. The summed E-state index contributed by atoms with van der Waals surface area (Å²) in [6.45, 7) is 7.04. The monoisotopic (exact) mass is 669 g/mol. The fourth-order valence-corrected chi connectivity index (χ4v) is 5.96. The third-order valence-electron chi connectivity index (χ3n) is 8.98. The standard InChI is InChI=1S/C38H73N3O6/c1-5-7-8-9-10-11-14-17-20-28-35(42)39-31-24-22-27-34(38(46)47-6-2)40-36(43)29-21-18-15-12-13-16-19-25-32-41(3,4)33-26-23-30-37(44)45/h34H,5-33H2,1-4H3,(H2-,39,40,42,43,44,45)/p+1. The maximum atomic E-state index is 12.6. The Balaban J connectivity index is 3.93. The molecule has 47 heavy (non-hydrogen) atoms. The number of amides is 2. The van der Waals surface area contributed by atoms with Crippen LogP contribution in [0.25, 0.3) is 0 Å². The summed E-state index contributed by atoms with van der Waals surface area (Å²) in [5, 5.41) is 14.7. The van der Waals surface area contributed by atoms with E-state index in [-0.39, 0.29) is 30.8 Å². The van der Waals surface area contributed by atoms with Gasteiger partial charge in [-0.25, -0.2) is 4.79 Å². The van der Waals surface area contributed by atoms with Gasteiger partial charge in [0.05, 0.1) is 33.8 Å². The van der Waals surface area contributed by atoms with Crippen LogP contribution in [0.4, 0.5) is 0 Å². The Bertz CT molecular complexity index is 804. The predicted octanol–water partition coefficient (Wildman–Crippen LogP) is 8.08. The van der Waals surface area contributed by atoms with Gasteiger partial charge in [0.25, 0.3) is 0 Å². The van der Waals surface area contributed by atoms with Crippen LogP contribution < -0.4 is 10.6 Å². The third kappa shape index (κ3) is 30.9. The minimum atomic E-state index is -0.707. The number of carboxylic acid groups (broad SMARTS) is 1. The van der Waals surface area contributed by atoms with E-state index < -0.39 is 12.0 Å². The first-order valence-corrected chi connectivity index (χ1v) is 19.4. The molecule has 1 atom stereocenters. The van der Waals surface area contributed by atoms with Gasteiger partial charge in [-0.05, 0) is 64.7 Å². The van der Waals surface area contributed by atoms with Gasteiger partial charge in [0.15, 0.2) is 0 Å². The number of aliphatic carboxylic acids is 1. The zero-order valence-corrected chi connectivity index (χ0v) is 31.0. The van der Waals surface area contributed by atoms with Gasteiger partial charge in [0.1, 0.15) is 6.04 Å². The molecule has 0 aliphatic heterocycles. The SMILES string of the molecule is CCCCCCCCCCCC(=O)NCCCCC(NC(=O)CCCCCCCCCC[N+](C)(C)CCCCC(=O)O)C(=O)OCC. The molecule has 0 saturated heterocycles. The fraction of sp³-hybridized carbons (Fsp3) is 0.895. The van der Waals surface area contributed by atoms with Crippen molar-refractivity contribution >= 4 is 23.8 Å². The first-order valence-electron chi connectivity index (χ1n) is 19.4. The molecule has 2 amide bonds. The average Bonchev–Trinajstić information content (AvgIpc) is 3.02. The highest BCUT2D eigenvalue weighted by molar-refractivity contribution is 5.84. The van der Waals surface area contributed by atoms with E-state index in [1.165, 1.54) is 77.0 Å². The lowest BCUT2D eigenvalue weighted by Gasteiger charge is -2.29. The quantitative estimate of drug-likeness (QED) is 0.0362. The van der Waals surface area contributed by atoms with Gasteiger partial charge >= 0.3 is 11.9 Å². The Labute approximate surface area is 288 Å². The lowest BCUT2D eigenvalue weighted by molar-refractivity contribution is -0.890. The Hall–Kier alpha value is -2.16. The van der Waals surface area contributed by atoms with E-state index in [4.69, 9.17) is 9.84 Å². The minimum absolute atomic E-state index is 0.0963. The van der Waals surface area contributed by atoms with Gasteiger partial charge in [0.2, 0.25) is 11.8 Å². The van der Waals surface area contributed by atoms with Crippen molar-refractivity contribution in [2.45, 2.75) is 180 Å². The number of carboxylic acids is 1. The molecule has 0 aliphatic carbocycles. The molecule has 0 aliphatic rings. The van der Waals surface area contributed by atoms with Crippen molar-refractivity contribution in [3.63, 3.8) is 0 Å². The predicted molar refractivity (Wildman–Crippen MR) is 192 cm³/mol. The molecule has 9 heteroatoms. The summed E-state index contributed by atoms with van der Waals surface area (Å²) in [5.74, 6) is -1.08. The molecule has 0 heterocycles. The number of ether oxygens (including phenoxy) is 1. The highest BCUT2D eigenvalue weighted by atomic mass is 16.5. The normalized spacial score (nSPS) is 12.1. The van der Waals surface area contributed by atoms with Gasteiger partial charge in [-0.3, -0.25) is 14.4 Å². The Morgan fingerprint density at radius 3 is 1.60 bits per heavy atom. The zero-order valence-electron chi connectivity index (χ0n) is 31.0. The lowest BCUT2D eigenvalue weighted by Crippen LogP contribution is -2.41. The fourth-order valence-electron chi connectivity index (χ4n) is 5.96. The van der Waals surface area contributed by atoms with E-state index in [2.05, 4.69) is 31.7 Å². The van der Waals surface area contributed by atoms with Crippen LogP contribution in [0.3, 0.4) is 0 Å². The van der Waals surface area contributed by atoms with Gasteiger partial charge < -0.3 is 25.0 Å². The van der Waals surface area contributed by atoms with Gasteiger partial charge in [-0.2, -0.15) is 0 Å². The number of nitrogens with one attached hydrogen (secondary N) is 2. The number of nitrogens with zero attached hydrogens (tertiary/aromatic N) is 1. The smallest absolute Gasteiger partial charge is 0.328 e. The van der Waals surface area contributed by atoms with E-state index in [1.807, 2.05) is 0 Å². The molecule has 0 spiro atoms. The lowest BCUT2D eigenvalue weighted by atomic mass is 10.1. The van der Waals surface area contributed by atoms with Crippen LogP contribution in [-0.2, 0) is 23.9 Å². The second-order valence-corrected chi connectivity index (χ2v) is 14.1. The second-order valence-electron chi connectivity index (χ2n) is 14.1. The molecule has 0 bridgehead atoms. The highest BCUT2D eigenvalue weighted by Crippen LogP contribution is 2.13. The van der Waals surface area contributed by atoms with Crippen LogP contribution in [0, 0.1) is 0 Å². The van der Waals surface area contributed by atoms with Crippen LogP contribution in [0.1, 0.15) is 174 Å². The summed E-state index contributed by atoms with van der Waals surface area (Å²) in [4.78, 5) is 47.8. The van der Waals surface area contributed by atoms with Gasteiger partial charge in [0, 0.05) is 25.8 Å². The molecule has 276 valence electrons. The van der Waals surface area contributed by atoms with Crippen molar-refractivity contribution in [1.29, 1.82) is 0 Å². The molecular weight excluding hydrogens is 594 g/mol. The molecule has 9 nitrogen and oxygen atoms in total. The van der Waals surface area contributed by atoms with Crippen LogP contribution in [-0.4, -0.2) is 79.7 Å². The van der Waals surface area contributed by atoms with Crippen molar-refractivity contribution in [3.8, 4) is 0 Å². The van der Waals surface area contributed by atoms with Crippen molar-refractivity contribution in [1.82, 2.24) is 10.6 Å². The van der Waals surface area contributed by atoms with Gasteiger partial charge in [-0.1, -0.05) is 90.4 Å². The molecule has 0 aromatic carbocycles. The average molecular weight is 669 g/mol. The number of carbonyl (C=O) groups is 4. The second kappa shape index (κ2) is 31.1. The summed E-state index contributed by atoms with van der Waals surface area (Å²) in [6, 6.07) is -0.631. The number of hydrogen-bond acceptors (Lipinski definition) is 5. The summed E-state index contributed by atoms with van der Waals surface area (Å²) < 4.78 is 6.15. The largest absolute Gasteiger partial charge is 0.481 e. The van der Waals surface area contributed by atoms with E-state index in [1.54, 1.807) is 6.92 Å². The number of esters is 1. The van der Waals surface area contributed by atoms with E-state index in [9.17, 15) is 19.2 Å². The van der Waals surface area contributed by atoms with Crippen molar-refractivity contribution < 1.29 is 33.5 Å². The Morgan fingerprint density at radius 2 is 1.06 bits per heavy atom. The van der Waals surface area contributed by atoms with Crippen LogP contribution in [0.5, 0.6) is 0 Å². The number of hydrogen-bond donors (Lipinski definition) is 3. The first kappa shape index (κ1) is 44.8. The first-order chi connectivity index (χ1) is 22.6. The number of rotatable bonds is 34. The maximum absolute atomic E-state index is 12.6. The maximum Gasteiger partial charge on any atom is 0.328 e. The molecule has 1 unspecified atom stereocenters. The van der Waals surface area contributed by atoms with Crippen molar-refractivity contribution in [2.24, 2.45) is 0 Å². The van der Waals surface area contributed by atoms with Gasteiger partial charge in [-0.15, -0.1) is 0 Å². The Morgan fingerprint density at radius 1 is 0.596 bits per heavy atom. The number of carbonyl (C=O) groups excluding carboxylic acids is 3. The molecule has 0 aromatic rings. The van der Waals surface area contributed by atoms with Crippen LogP contribution in [0.15, 0.2) is 0 Å².